The highest BCUT2D eigenvalue weighted by Gasteiger charge is 2.78. The Morgan fingerprint density at radius 3 is 2.71 bits per heavy atom. The van der Waals surface area contributed by atoms with Crippen molar-refractivity contribution in [2.24, 2.45) is 11.3 Å². The molecule has 5 aliphatic rings. The van der Waals surface area contributed by atoms with Crippen LogP contribution in [0.5, 0.6) is 0 Å². The number of rotatable bonds is 3. The van der Waals surface area contributed by atoms with E-state index in [1.807, 2.05) is 13.8 Å². The summed E-state index contributed by atoms with van der Waals surface area (Å²) in [5.74, 6) is -0.956. The van der Waals surface area contributed by atoms with Crippen molar-refractivity contribution in [3.05, 3.63) is 58.8 Å². The molecule has 38 heavy (non-hydrogen) atoms. The zero-order valence-electron chi connectivity index (χ0n) is 23.3. The topological polar surface area (TPSA) is 80.8 Å². The second kappa shape index (κ2) is 7.48. The monoisotopic (exact) mass is 517 g/mol. The van der Waals surface area contributed by atoms with E-state index in [0.29, 0.717) is 37.4 Å². The normalized spacial score (nSPS) is 42.2. The number of carbonyl (C=O) groups excluding carboxylic acids is 1. The molecule has 7 atom stereocenters. The van der Waals surface area contributed by atoms with Crippen LogP contribution < -0.4 is 0 Å². The third-order valence-electron chi connectivity index (χ3n) is 11.0. The number of ketones is 1. The van der Waals surface area contributed by atoms with E-state index in [1.165, 1.54) is 22.2 Å². The zero-order chi connectivity index (χ0) is 26.9. The smallest absolute Gasteiger partial charge is 0.195 e. The largest absolute Gasteiger partial charge is 0.382 e. The van der Waals surface area contributed by atoms with Gasteiger partial charge in [-0.25, -0.2) is 0 Å². The molecule has 0 amide bonds. The van der Waals surface area contributed by atoms with Crippen molar-refractivity contribution < 1.29 is 24.1 Å². The molecule has 1 unspecified atom stereocenters. The number of allylic oxidation sites excluding steroid dienone is 1. The second-order valence-corrected chi connectivity index (χ2v) is 13.5. The third-order valence-corrected chi connectivity index (χ3v) is 11.0. The number of benzene rings is 1. The maximum atomic E-state index is 13.4. The lowest BCUT2D eigenvalue weighted by atomic mass is 9.41. The van der Waals surface area contributed by atoms with Crippen LogP contribution in [0.2, 0.25) is 0 Å². The van der Waals surface area contributed by atoms with E-state index in [1.54, 1.807) is 6.08 Å². The van der Waals surface area contributed by atoms with Crippen molar-refractivity contribution in [1.29, 1.82) is 0 Å². The van der Waals surface area contributed by atoms with Gasteiger partial charge in [-0.1, -0.05) is 43.7 Å². The molecule has 3 fully saturated rings. The Bertz CT molecular complexity index is 1430. The maximum absolute atomic E-state index is 13.4. The van der Waals surface area contributed by atoms with Gasteiger partial charge in [0, 0.05) is 39.4 Å². The lowest BCUT2D eigenvalue weighted by Crippen LogP contribution is -2.74. The van der Waals surface area contributed by atoms with Gasteiger partial charge in [-0.05, 0) is 70.6 Å². The number of hydrogen-bond acceptors (Lipinski definition) is 5. The minimum atomic E-state index is -1.45. The molecule has 3 heterocycles. The molecule has 1 aromatic carbocycles. The van der Waals surface area contributed by atoms with Crippen LogP contribution in [0, 0.1) is 11.3 Å². The molecule has 1 spiro atoms. The number of aromatic nitrogens is 1. The lowest BCUT2D eigenvalue weighted by molar-refractivity contribution is -0.279. The Balaban J connectivity index is 1.43. The fourth-order valence-corrected chi connectivity index (χ4v) is 8.92. The third kappa shape index (κ3) is 2.75. The van der Waals surface area contributed by atoms with Gasteiger partial charge in [-0.3, -0.25) is 4.79 Å². The van der Waals surface area contributed by atoms with E-state index in [2.05, 4.69) is 63.0 Å². The van der Waals surface area contributed by atoms with Crippen molar-refractivity contribution >= 4 is 16.7 Å². The number of aromatic amines is 1. The summed E-state index contributed by atoms with van der Waals surface area (Å²) >= 11 is 0. The van der Waals surface area contributed by atoms with Crippen LogP contribution in [0.1, 0.15) is 72.1 Å². The Morgan fingerprint density at radius 2 is 1.95 bits per heavy atom. The van der Waals surface area contributed by atoms with E-state index < -0.39 is 34.6 Å². The van der Waals surface area contributed by atoms with Gasteiger partial charge in [0.15, 0.2) is 17.7 Å². The molecule has 6 heteroatoms. The van der Waals surface area contributed by atoms with Crippen LogP contribution in [0.15, 0.2) is 47.6 Å². The number of nitrogens with one attached hydrogen (secondary N) is 1. The number of para-hydroxylation sites is 1. The van der Waals surface area contributed by atoms with Crippen molar-refractivity contribution in [2.75, 3.05) is 6.61 Å². The van der Waals surface area contributed by atoms with Gasteiger partial charge >= 0.3 is 0 Å². The predicted octanol–water partition coefficient (Wildman–Crippen LogP) is 5.28. The standard InChI is InChI=1S/C32H39NO5/c1-18(2)11-14-36-25-16-19-15-21-20-9-7-8-10-22(20)33-26(21)30(19,6)29(5)12-13-31-24(32(25,29)35)17-23(34)27(37-31)28(3,4)38-31/h7-11,17,19,25,27,33,35H,12-16H2,1-6H3/t19-,25+,27+,29?,30-,31+,32+/m1/s1. The van der Waals surface area contributed by atoms with Crippen LogP contribution in [0.4, 0.5) is 0 Å². The second-order valence-electron chi connectivity index (χ2n) is 13.5. The van der Waals surface area contributed by atoms with Crippen LogP contribution in [0.3, 0.4) is 0 Å². The van der Waals surface area contributed by atoms with Gasteiger partial charge in [0.1, 0.15) is 11.2 Å². The van der Waals surface area contributed by atoms with E-state index in [-0.39, 0.29) is 11.2 Å². The average Bonchev–Trinajstić information content (AvgIpc) is 3.44. The van der Waals surface area contributed by atoms with Gasteiger partial charge in [-0.2, -0.15) is 0 Å². The first kappa shape index (κ1) is 24.8. The molecule has 3 aliphatic carbocycles. The number of fused-ring (bicyclic) bond motifs is 9. The van der Waals surface area contributed by atoms with E-state index >= 15 is 0 Å². The summed E-state index contributed by atoms with van der Waals surface area (Å²) in [6.07, 6.45) is 5.44. The Hall–Kier alpha value is -2.25. The van der Waals surface area contributed by atoms with Crippen LogP contribution in [-0.2, 0) is 30.8 Å². The molecule has 2 aliphatic heterocycles. The first-order chi connectivity index (χ1) is 17.9. The van der Waals surface area contributed by atoms with Crippen LogP contribution in [-0.4, -0.2) is 51.7 Å². The summed E-state index contributed by atoms with van der Waals surface area (Å²) in [5.41, 5.74) is 2.22. The fraction of sp³-hybridized carbons (Fsp3) is 0.594. The Labute approximate surface area is 224 Å². The maximum Gasteiger partial charge on any atom is 0.195 e. The number of aliphatic hydroxyl groups is 1. The van der Waals surface area contributed by atoms with Gasteiger partial charge in [0.25, 0.3) is 0 Å². The fourth-order valence-electron chi connectivity index (χ4n) is 8.92. The molecule has 1 saturated heterocycles. The predicted molar refractivity (Wildman–Crippen MR) is 145 cm³/mol. The van der Waals surface area contributed by atoms with E-state index in [4.69, 9.17) is 14.2 Å². The van der Waals surface area contributed by atoms with E-state index in [0.717, 1.165) is 11.9 Å². The van der Waals surface area contributed by atoms with Gasteiger partial charge in [-0.15, -0.1) is 0 Å². The molecule has 0 radical (unpaired) electrons. The summed E-state index contributed by atoms with van der Waals surface area (Å²) in [7, 11) is 0. The van der Waals surface area contributed by atoms with Crippen molar-refractivity contribution in [3.8, 4) is 0 Å². The average molecular weight is 518 g/mol. The molecule has 1 aromatic heterocycles. The molecule has 2 aromatic rings. The first-order valence-corrected chi connectivity index (χ1v) is 14.1. The van der Waals surface area contributed by atoms with Crippen molar-refractivity contribution in [2.45, 2.75) is 102 Å². The molecule has 7 rings (SSSR count). The molecular weight excluding hydrogens is 478 g/mol. The molecule has 6 nitrogen and oxygen atoms in total. The Kier molecular flexibility index (Phi) is 4.87. The Morgan fingerprint density at radius 1 is 1.18 bits per heavy atom. The molecular formula is C32H39NO5. The molecule has 2 saturated carbocycles. The highest BCUT2D eigenvalue weighted by atomic mass is 16.8. The highest BCUT2D eigenvalue weighted by Crippen LogP contribution is 2.72. The van der Waals surface area contributed by atoms with E-state index in [9.17, 15) is 9.90 Å². The van der Waals surface area contributed by atoms with Crippen molar-refractivity contribution in [3.63, 3.8) is 0 Å². The van der Waals surface area contributed by atoms with Gasteiger partial charge < -0.3 is 24.3 Å². The van der Waals surface area contributed by atoms with Crippen molar-refractivity contribution in [1.82, 2.24) is 4.98 Å². The molecule has 202 valence electrons. The molecule has 2 bridgehead atoms. The zero-order valence-corrected chi connectivity index (χ0v) is 23.3. The van der Waals surface area contributed by atoms with Gasteiger partial charge in [0.05, 0.1) is 12.7 Å². The highest BCUT2D eigenvalue weighted by molar-refractivity contribution is 5.97. The number of ether oxygens (including phenoxy) is 3. The van der Waals surface area contributed by atoms with Crippen LogP contribution in [0.25, 0.3) is 10.9 Å². The number of hydrogen-bond donors (Lipinski definition) is 2. The first-order valence-electron chi connectivity index (χ1n) is 14.1. The number of carbonyl (C=O) groups is 1. The quantitative estimate of drug-likeness (QED) is 0.541. The minimum Gasteiger partial charge on any atom is -0.382 e. The summed E-state index contributed by atoms with van der Waals surface area (Å²) in [6, 6.07) is 8.49. The summed E-state index contributed by atoms with van der Waals surface area (Å²) in [6.45, 7) is 12.9. The SMILES string of the molecule is CC(C)=CCO[C@H]1C[C@H]2Cc3c([nH]c4ccccc34)[C@]2(C)C2(C)CC[C@@]34O[C@@H](C(=O)C=C3[C@]12O)C(C)(C)O4. The number of H-pyrrole nitrogens is 1. The summed E-state index contributed by atoms with van der Waals surface area (Å²) in [4.78, 5) is 17.2. The molecule has 2 N–H and O–H groups in total. The summed E-state index contributed by atoms with van der Waals surface area (Å²) in [5, 5.41) is 14.5. The minimum absolute atomic E-state index is 0.135. The lowest BCUT2D eigenvalue weighted by Gasteiger charge is -2.67. The van der Waals surface area contributed by atoms with Crippen LogP contribution >= 0.6 is 0 Å². The van der Waals surface area contributed by atoms with Gasteiger partial charge in [0.2, 0.25) is 0 Å². The summed E-state index contributed by atoms with van der Waals surface area (Å²) < 4.78 is 19.6.